The highest BCUT2D eigenvalue weighted by Gasteiger charge is 2.45. The average Bonchev–Trinajstić information content (AvgIpc) is 3.26. The third-order valence-corrected chi connectivity index (χ3v) is 5.56. The van der Waals surface area contributed by atoms with Crippen LogP contribution in [0, 0.1) is 0 Å². The van der Waals surface area contributed by atoms with Crippen molar-refractivity contribution in [3.8, 4) is 5.75 Å². The van der Waals surface area contributed by atoms with Gasteiger partial charge in [-0.1, -0.05) is 6.07 Å². The fourth-order valence-corrected chi connectivity index (χ4v) is 4.30. The summed E-state index contributed by atoms with van der Waals surface area (Å²) in [4.78, 5) is 19.9. The van der Waals surface area contributed by atoms with Crippen LogP contribution in [0.2, 0.25) is 0 Å². The minimum absolute atomic E-state index is 0.0171. The molecule has 0 aromatic carbocycles. The molecule has 2 aromatic rings. The molecular formula is C18H20N2O3S. The number of amides is 1. The van der Waals surface area contributed by atoms with Crippen LogP contribution >= 0.6 is 11.3 Å². The molecule has 24 heavy (non-hydrogen) atoms. The second-order valence-electron chi connectivity index (χ2n) is 6.17. The molecule has 1 aliphatic heterocycles. The number of hydrogen-bond acceptors (Lipinski definition) is 5. The first-order valence-corrected chi connectivity index (χ1v) is 9.19. The smallest absolute Gasteiger partial charge is 0.228 e. The lowest BCUT2D eigenvalue weighted by molar-refractivity contribution is -0.146. The van der Waals surface area contributed by atoms with E-state index in [2.05, 4.69) is 4.98 Å². The van der Waals surface area contributed by atoms with Crippen molar-refractivity contribution < 1.29 is 14.3 Å². The number of ether oxygens (including phenoxy) is 2. The molecule has 1 amide bonds. The Labute approximate surface area is 145 Å². The Balaban J connectivity index is 1.43. The van der Waals surface area contributed by atoms with Crippen molar-refractivity contribution in [1.82, 2.24) is 9.88 Å². The molecular weight excluding hydrogens is 324 g/mol. The maximum absolute atomic E-state index is 12.7. The molecule has 0 bridgehead atoms. The van der Waals surface area contributed by atoms with Crippen LogP contribution in [0.4, 0.5) is 0 Å². The summed E-state index contributed by atoms with van der Waals surface area (Å²) in [5.74, 6) is 0.951. The third kappa shape index (κ3) is 3.16. The highest BCUT2D eigenvalue weighted by Crippen LogP contribution is 2.33. The minimum Gasteiger partial charge on any atom is -0.486 e. The topological polar surface area (TPSA) is 51.7 Å². The SMILES string of the molecule is O=C(Cc1cccs1)N1CCO[C@H]2[C@@H](Oc3cccnc3)CC[C@@H]21. The van der Waals surface area contributed by atoms with E-state index in [-0.39, 0.29) is 24.2 Å². The van der Waals surface area contributed by atoms with Gasteiger partial charge in [-0.3, -0.25) is 9.78 Å². The molecule has 0 spiro atoms. The van der Waals surface area contributed by atoms with Crippen LogP contribution < -0.4 is 4.74 Å². The van der Waals surface area contributed by atoms with Crippen LogP contribution in [-0.4, -0.2) is 47.2 Å². The predicted octanol–water partition coefficient (Wildman–Crippen LogP) is 2.52. The van der Waals surface area contributed by atoms with E-state index < -0.39 is 0 Å². The highest BCUT2D eigenvalue weighted by molar-refractivity contribution is 7.10. The van der Waals surface area contributed by atoms with Gasteiger partial charge in [-0.2, -0.15) is 0 Å². The molecule has 6 heteroatoms. The van der Waals surface area contributed by atoms with E-state index in [9.17, 15) is 4.79 Å². The van der Waals surface area contributed by atoms with Gasteiger partial charge in [0.1, 0.15) is 18.0 Å². The van der Waals surface area contributed by atoms with Crippen LogP contribution in [0.5, 0.6) is 5.75 Å². The fraction of sp³-hybridized carbons (Fsp3) is 0.444. The summed E-state index contributed by atoms with van der Waals surface area (Å²) < 4.78 is 12.0. The zero-order valence-corrected chi connectivity index (χ0v) is 14.2. The first-order chi connectivity index (χ1) is 11.8. The Morgan fingerprint density at radius 2 is 2.33 bits per heavy atom. The van der Waals surface area contributed by atoms with E-state index in [4.69, 9.17) is 9.47 Å². The molecule has 2 fully saturated rings. The van der Waals surface area contributed by atoms with Gasteiger partial charge in [0.15, 0.2) is 0 Å². The van der Waals surface area contributed by atoms with Crippen molar-refractivity contribution >= 4 is 17.2 Å². The van der Waals surface area contributed by atoms with Crippen LogP contribution in [-0.2, 0) is 16.0 Å². The van der Waals surface area contributed by atoms with Crippen molar-refractivity contribution in [3.63, 3.8) is 0 Å². The Morgan fingerprint density at radius 3 is 3.12 bits per heavy atom. The maximum atomic E-state index is 12.7. The van der Waals surface area contributed by atoms with Crippen LogP contribution in [0.25, 0.3) is 0 Å². The predicted molar refractivity (Wildman–Crippen MR) is 91.2 cm³/mol. The molecule has 3 atom stereocenters. The van der Waals surface area contributed by atoms with Gasteiger partial charge in [0.05, 0.1) is 25.3 Å². The van der Waals surface area contributed by atoms with E-state index in [1.54, 1.807) is 23.7 Å². The molecule has 0 N–H and O–H groups in total. The van der Waals surface area contributed by atoms with Crippen molar-refractivity contribution in [2.45, 2.75) is 37.5 Å². The number of carbonyl (C=O) groups is 1. The quantitative estimate of drug-likeness (QED) is 0.855. The van der Waals surface area contributed by atoms with Gasteiger partial charge < -0.3 is 14.4 Å². The van der Waals surface area contributed by atoms with Crippen molar-refractivity contribution in [1.29, 1.82) is 0 Å². The van der Waals surface area contributed by atoms with Gasteiger partial charge in [-0.05, 0) is 36.4 Å². The van der Waals surface area contributed by atoms with E-state index in [1.165, 1.54) is 0 Å². The van der Waals surface area contributed by atoms with E-state index in [0.29, 0.717) is 19.6 Å². The molecule has 3 heterocycles. The number of carbonyl (C=O) groups excluding carboxylic acids is 1. The molecule has 0 radical (unpaired) electrons. The molecule has 126 valence electrons. The monoisotopic (exact) mass is 344 g/mol. The van der Waals surface area contributed by atoms with E-state index in [0.717, 1.165) is 23.5 Å². The van der Waals surface area contributed by atoms with Crippen LogP contribution in [0.3, 0.4) is 0 Å². The number of nitrogens with zero attached hydrogens (tertiary/aromatic N) is 2. The van der Waals surface area contributed by atoms with Gasteiger partial charge in [0.25, 0.3) is 0 Å². The zero-order valence-electron chi connectivity index (χ0n) is 13.3. The first kappa shape index (κ1) is 15.6. The molecule has 1 saturated heterocycles. The fourth-order valence-electron chi connectivity index (χ4n) is 3.61. The lowest BCUT2D eigenvalue weighted by Crippen LogP contribution is -2.54. The third-order valence-electron chi connectivity index (χ3n) is 4.68. The summed E-state index contributed by atoms with van der Waals surface area (Å²) in [6, 6.07) is 7.89. The minimum atomic E-state index is -0.0498. The second kappa shape index (κ2) is 6.91. The highest BCUT2D eigenvalue weighted by atomic mass is 32.1. The maximum Gasteiger partial charge on any atom is 0.228 e. The Kier molecular flexibility index (Phi) is 4.49. The molecule has 0 unspecified atom stereocenters. The summed E-state index contributed by atoms with van der Waals surface area (Å²) in [6.07, 6.45) is 5.68. The van der Waals surface area contributed by atoms with Crippen LogP contribution in [0.1, 0.15) is 17.7 Å². The largest absolute Gasteiger partial charge is 0.486 e. The standard InChI is InChI=1S/C18H20N2O3S/c21-17(11-14-4-2-10-24-14)20-8-9-22-18-15(20)5-6-16(18)23-13-3-1-7-19-12-13/h1-4,7,10,12,15-16,18H,5-6,8-9,11H2/t15-,16-,18+/m0/s1. The van der Waals surface area contributed by atoms with Gasteiger partial charge >= 0.3 is 0 Å². The zero-order chi connectivity index (χ0) is 16.4. The van der Waals surface area contributed by atoms with E-state index >= 15 is 0 Å². The van der Waals surface area contributed by atoms with Crippen LogP contribution in [0.15, 0.2) is 42.0 Å². The molecule has 2 aromatic heterocycles. The molecule has 2 aliphatic rings. The second-order valence-corrected chi connectivity index (χ2v) is 7.20. The number of fused-ring (bicyclic) bond motifs is 1. The molecule has 5 nitrogen and oxygen atoms in total. The lowest BCUT2D eigenvalue weighted by Gasteiger charge is -2.39. The molecule has 1 aliphatic carbocycles. The van der Waals surface area contributed by atoms with Gasteiger partial charge in [-0.15, -0.1) is 11.3 Å². The molecule has 4 rings (SSSR count). The normalized spacial score (nSPS) is 26.2. The van der Waals surface area contributed by atoms with Gasteiger partial charge in [-0.25, -0.2) is 0 Å². The Bertz CT molecular complexity index is 677. The van der Waals surface area contributed by atoms with Gasteiger partial charge in [0.2, 0.25) is 5.91 Å². The summed E-state index contributed by atoms with van der Waals surface area (Å²) in [5, 5.41) is 2.01. The van der Waals surface area contributed by atoms with Gasteiger partial charge in [0, 0.05) is 17.6 Å². The number of aromatic nitrogens is 1. The number of pyridine rings is 1. The first-order valence-electron chi connectivity index (χ1n) is 8.31. The average molecular weight is 344 g/mol. The van der Waals surface area contributed by atoms with Crippen molar-refractivity contribution in [3.05, 3.63) is 46.9 Å². The number of morpholine rings is 1. The number of thiophene rings is 1. The number of hydrogen-bond donors (Lipinski definition) is 0. The summed E-state index contributed by atoms with van der Waals surface area (Å²) in [6.45, 7) is 1.25. The summed E-state index contributed by atoms with van der Waals surface area (Å²) >= 11 is 1.63. The Hall–Kier alpha value is -1.92. The Morgan fingerprint density at radius 1 is 1.38 bits per heavy atom. The van der Waals surface area contributed by atoms with Crippen molar-refractivity contribution in [2.24, 2.45) is 0 Å². The summed E-state index contributed by atoms with van der Waals surface area (Å²) in [5.41, 5.74) is 0. The van der Waals surface area contributed by atoms with Crippen molar-refractivity contribution in [2.75, 3.05) is 13.2 Å². The summed E-state index contributed by atoms with van der Waals surface area (Å²) in [7, 11) is 0. The molecule has 1 saturated carbocycles. The number of rotatable bonds is 4. The lowest BCUT2D eigenvalue weighted by atomic mass is 10.1. The van der Waals surface area contributed by atoms with E-state index in [1.807, 2.05) is 34.5 Å².